The highest BCUT2D eigenvalue weighted by Gasteiger charge is 2.18. The summed E-state index contributed by atoms with van der Waals surface area (Å²) in [5.74, 6) is 0. The first-order valence-electron chi connectivity index (χ1n) is 6.15. The number of aryl methyl sites for hydroxylation is 1. The number of hydrogen-bond acceptors (Lipinski definition) is 5. The largest absolute Gasteiger partial charge is 0.312 e. The first-order valence-corrected chi connectivity index (χ1v) is 8.51. The van der Waals surface area contributed by atoms with Crippen LogP contribution in [-0.2, 0) is 10.0 Å². The summed E-state index contributed by atoms with van der Waals surface area (Å²) in [6, 6.07) is 6.96. The number of rotatable bonds is 5. The Kier molecular flexibility index (Phi) is 4.42. The third-order valence-electron chi connectivity index (χ3n) is 3.00. The van der Waals surface area contributed by atoms with Crippen molar-refractivity contribution in [3.8, 4) is 0 Å². The fourth-order valence-corrected chi connectivity index (χ4v) is 4.01. The van der Waals surface area contributed by atoms with Gasteiger partial charge in [0, 0.05) is 11.4 Å². The number of nitrogens with zero attached hydrogens (tertiary/aromatic N) is 1. The Balaban J connectivity index is 2.25. The molecule has 1 aromatic carbocycles. The zero-order valence-corrected chi connectivity index (χ0v) is 13.2. The van der Waals surface area contributed by atoms with E-state index in [-0.39, 0.29) is 10.9 Å². The fraction of sp³-hybridized carbons (Fsp3) is 0.308. The highest BCUT2D eigenvalue weighted by molar-refractivity contribution is 7.93. The molecule has 7 heteroatoms. The van der Waals surface area contributed by atoms with Gasteiger partial charge in [0.25, 0.3) is 10.0 Å². The molecule has 1 atom stereocenters. The molecule has 0 saturated carbocycles. The zero-order chi connectivity index (χ0) is 14.8. The number of sulfonamides is 1. The molecule has 1 unspecified atom stereocenters. The maximum atomic E-state index is 12.3. The van der Waals surface area contributed by atoms with Gasteiger partial charge in [0.05, 0.1) is 10.6 Å². The molecule has 2 aromatic rings. The van der Waals surface area contributed by atoms with Gasteiger partial charge in [0.1, 0.15) is 0 Å². The van der Waals surface area contributed by atoms with Crippen LogP contribution in [0.25, 0.3) is 0 Å². The van der Waals surface area contributed by atoms with E-state index in [9.17, 15) is 8.42 Å². The lowest BCUT2D eigenvalue weighted by Gasteiger charge is -2.08. The van der Waals surface area contributed by atoms with Crippen molar-refractivity contribution in [3.05, 3.63) is 40.9 Å². The van der Waals surface area contributed by atoms with Gasteiger partial charge in [-0.2, -0.15) is 0 Å². The second-order valence-electron chi connectivity index (χ2n) is 4.46. The summed E-state index contributed by atoms with van der Waals surface area (Å²) in [6.07, 6.45) is 0. The van der Waals surface area contributed by atoms with Crippen molar-refractivity contribution in [3.63, 3.8) is 0 Å². The van der Waals surface area contributed by atoms with E-state index in [0.29, 0.717) is 10.7 Å². The molecule has 0 saturated heterocycles. The highest BCUT2D eigenvalue weighted by atomic mass is 32.2. The summed E-state index contributed by atoms with van der Waals surface area (Å²) in [5, 5.41) is 5.29. The lowest BCUT2D eigenvalue weighted by molar-refractivity contribution is 0.600. The van der Waals surface area contributed by atoms with Crippen molar-refractivity contribution >= 4 is 26.5 Å². The van der Waals surface area contributed by atoms with E-state index in [2.05, 4.69) is 15.0 Å². The lowest BCUT2D eigenvalue weighted by atomic mass is 10.2. The molecule has 0 aliphatic carbocycles. The smallest absolute Gasteiger partial charge is 0.263 e. The lowest BCUT2D eigenvalue weighted by Crippen LogP contribution is -2.15. The number of anilines is 1. The summed E-state index contributed by atoms with van der Waals surface area (Å²) in [4.78, 5) is 4.56. The van der Waals surface area contributed by atoms with Gasteiger partial charge < -0.3 is 5.32 Å². The molecule has 0 spiro atoms. The Morgan fingerprint density at radius 3 is 2.65 bits per heavy atom. The van der Waals surface area contributed by atoms with E-state index in [4.69, 9.17) is 0 Å². The van der Waals surface area contributed by atoms with Crippen LogP contribution in [0.4, 0.5) is 5.13 Å². The summed E-state index contributed by atoms with van der Waals surface area (Å²) in [5.41, 5.74) is 1.53. The van der Waals surface area contributed by atoms with Crippen LogP contribution in [0.3, 0.4) is 0 Å². The molecule has 0 amide bonds. The van der Waals surface area contributed by atoms with Crippen LogP contribution in [-0.4, -0.2) is 20.4 Å². The molecule has 2 N–H and O–H groups in total. The first kappa shape index (κ1) is 15.0. The molecule has 108 valence electrons. The SMILES string of the molecule is CNC(C)c1csc(NS(=O)(=O)c2ccccc2C)n1. The van der Waals surface area contributed by atoms with E-state index in [1.165, 1.54) is 11.3 Å². The average Bonchev–Trinajstić information content (AvgIpc) is 2.85. The Morgan fingerprint density at radius 1 is 1.30 bits per heavy atom. The summed E-state index contributed by atoms with van der Waals surface area (Å²) in [6.45, 7) is 3.74. The Hall–Kier alpha value is -1.44. The van der Waals surface area contributed by atoms with E-state index < -0.39 is 10.0 Å². The quantitative estimate of drug-likeness (QED) is 0.890. The van der Waals surface area contributed by atoms with Gasteiger partial charge in [-0.25, -0.2) is 13.4 Å². The second-order valence-corrected chi connectivity index (χ2v) is 6.97. The molecule has 0 fully saturated rings. The third kappa shape index (κ3) is 3.17. The second kappa shape index (κ2) is 5.90. The minimum Gasteiger partial charge on any atom is -0.312 e. The van der Waals surface area contributed by atoms with Gasteiger partial charge in [0.2, 0.25) is 0 Å². The number of hydrogen-bond donors (Lipinski definition) is 2. The normalized spacial score (nSPS) is 13.2. The molecular weight excluding hydrogens is 294 g/mol. The molecule has 0 radical (unpaired) electrons. The van der Waals surface area contributed by atoms with Crippen molar-refractivity contribution in [1.82, 2.24) is 10.3 Å². The molecular formula is C13H17N3O2S2. The molecule has 0 aliphatic heterocycles. The summed E-state index contributed by atoms with van der Waals surface area (Å²) < 4.78 is 27.1. The van der Waals surface area contributed by atoms with Crippen molar-refractivity contribution in [2.45, 2.75) is 24.8 Å². The number of thiazole rings is 1. The Morgan fingerprint density at radius 2 is 2.00 bits per heavy atom. The van der Waals surface area contributed by atoms with Crippen LogP contribution in [0.5, 0.6) is 0 Å². The number of aromatic nitrogens is 1. The Bertz CT molecular complexity index is 695. The Labute approximate surface area is 123 Å². The standard InChI is InChI=1S/C13H17N3O2S2/c1-9-6-4-5-7-12(9)20(17,18)16-13-15-11(8-19-13)10(2)14-3/h4-8,10,14H,1-3H3,(H,15,16). The topological polar surface area (TPSA) is 71.1 Å². The predicted molar refractivity (Wildman–Crippen MR) is 81.6 cm³/mol. The van der Waals surface area contributed by atoms with E-state index >= 15 is 0 Å². The van der Waals surface area contributed by atoms with E-state index in [0.717, 1.165) is 5.69 Å². The van der Waals surface area contributed by atoms with Gasteiger partial charge in [0.15, 0.2) is 5.13 Å². The van der Waals surface area contributed by atoms with Gasteiger partial charge in [-0.15, -0.1) is 11.3 Å². The van der Waals surface area contributed by atoms with Crippen molar-refractivity contribution in [2.75, 3.05) is 11.8 Å². The zero-order valence-electron chi connectivity index (χ0n) is 11.5. The third-order valence-corrected chi connectivity index (χ3v) is 5.41. The first-order chi connectivity index (χ1) is 9.44. The molecule has 20 heavy (non-hydrogen) atoms. The van der Waals surface area contributed by atoms with Crippen LogP contribution in [0, 0.1) is 6.92 Å². The van der Waals surface area contributed by atoms with Crippen LogP contribution in [0.15, 0.2) is 34.5 Å². The predicted octanol–water partition coefficient (Wildman–Crippen LogP) is 2.53. The molecule has 0 aliphatic rings. The van der Waals surface area contributed by atoms with E-state index in [1.807, 2.05) is 25.4 Å². The van der Waals surface area contributed by atoms with Gasteiger partial charge in [-0.1, -0.05) is 18.2 Å². The van der Waals surface area contributed by atoms with E-state index in [1.54, 1.807) is 25.1 Å². The van der Waals surface area contributed by atoms with Crippen molar-refractivity contribution in [2.24, 2.45) is 0 Å². The van der Waals surface area contributed by atoms with Crippen LogP contribution >= 0.6 is 11.3 Å². The van der Waals surface area contributed by atoms with Gasteiger partial charge in [-0.05, 0) is 32.5 Å². The monoisotopic (exact) mass is 311 g/mol. The molecule has 5 nitrogen and oxygen atoms in total. The molecule has 1 heterocycles. The average molecular weight is 311 g/mol. The van der Waals surface area contributed by atoms with Gasteiger partial charge in [-0.3, -0.25) is 4.72 Å². The van der Waals surface area contributed by atoms with Crippen LogP contribution in [0.1, 0.15) is 24.2 Å². The highest BCUT2D eigenvalue weighted by Crippen LogP contribution is 2.24. The van der Waals surface area contributed by atoms with Crippen molar-refractivity contribution in [1.29, 1.82) is 0 Å². The number of benzene rings is 1. The van der Waals surface area contributed by atoms with Gasteiger partial charge >= 0.3 is 0 Å². The fourth-order valence-electron chi connectivity index (χ4n) is 1.71. The maximum Gasteiger partial charge on any atom is 0.263 e. The van der Waals surface area contributed by atoms with Crippen LogP contribution < -0.4 is 10.0 Å². The molecule has 0 bridgehead atoms. The number of nitrogens with one attached hydrogen (secondary N) is 2. The maximum absolute atomic E-state index is 12.3. The summed E-state index contributed by atoms with van der Waals surface area (Å²) >= 11 is 1.28. The minimum absolute atomic E-state index is 0.0861. The molecule has 2 rings (SSSR count). The molecule has 1 aromatic heterocycles. The minimum atomic E-state index is -3.59. The van der Waals surface area contributed by atoms with Crippen molar-refractivity contribution < 1.29 is 8.42 Å². The summed E-state index contributed by atoms with van der Waals surface area (Å²) in [7, 11) is -1.75. The van der Waals surface area contributed by atoms with Crippen LogP contribution in [0.2, 0.25) is 0 Å².